The molecular weight excluding hydrogens is 544 g/mol. The second kappa shape index (κ2) is 15.4. The number of esters is 1. The molecule has 0 spiro atoms. The van der Waals surface area contributed by atoms with Gasteiger partial charge in [-0.3, -0.25) is 4.79 Å². The van der Waals surface area contributed by atoms with Gasteiger partial charge < -0.3 is 29.6 Å². The summed E-state index contributed by atoms with van der Waals surface area (Å²) in [6.07, 6.45) is 3.89. The highest BCUT2D eigenvalue weighted by molar-refractivity contribution is 7.80. The summed E-state index contributed by atoms with van der Waals surface area (Å²) in [7, 11) is 0. The zero-order chi connectivity index (χ0) is 29.8. The summed E-state index contributed by atoms with van der Waals surface area (Å²) < 4.78 is 22.7. The fraction of sp³-hybridized carbons (Fsp3) is 0.333. The third kappa shape index (κ3) is 8.31. The summed E-state index contributed by atoms with van der Waals surface area (Å²) >= 11 is 5.32. The molecule has 1 aliphatic heterocycles. The van der Waals surface area contributed by atoms with E-state index in [9.17, 15) is 9.59 Å². The van der Waals surface area contributed by atoms with Crippen LogP contribution in [0.1, 0.15) is 50.4 Å². The predicted molar refractivity (Wildman–Crippen MR) is 161 cm³/mol. The Balaban J connectivity index is 1.73. The third-order valence-electron chi connectivity index (χ3n) is 5.86. The minimum Gasteiger partial charge on any atom is -0.490 e. The van der Waals surface area contributed by atoms with Gasteiger partial charge in [-0.25, -0.2) is 10.2 Å². The number of carbonyl (C=O) groups is 2. The van der Waals surface area contributed by atoms with E-state index >= 15 is 0 Å². The molecule has 41 heavy (non-hydrogen) atoms. The quantitative estimate of drug-likeness (QED) is 0.0998. The molecule has 3 N–H and O–H groups in total. The minimum absolute atomic E-state index is 0.227. The van der Waals surface area contributed by atoms with E-state index in [1.54, 1.807) is 44.2 Å². The molecule has 2 aromatic carbocycles. The third-order valence-corrected chi connectivity index (χ3v) is 6.08. The summed E-state index contributed by atoms with van der Waals surface area (Å²) in [5, 5.41) is 10.5. The van der Waals surface area contributed by atoms with Gasteiger partial charge in [0, 0.05) is 16.8 Å². The highest BCUT2D eigenvalue weighted by Crippen LogP contribution is 2.34. The first-order chi connectivity index (χ1) is 19.8. The van der Waals surface area contributed by atoms with E-state index in [-0.39, 0.29) is 13.2 Å². The van der Waals surface area contributed by atoms with Crippen LogP contribution in [0, 0.1) is 0 Å². The number of benzene rings is 2. The van der Waals surface area contributed by atoms with Gasteiger partial charge in [0.25, 0.3) is 5.91 Å². The van der Waals surface area contributed by atoms with Crippen molar-refractivity contribution in [3.8, 4) is 17.2 Å². The van der Waals surface area contributed by atoms with Crippen molar-refractivity contribution in [3.05, 3.63) is 77.0 Å². The average Bonchev–Trinajstić information content (AvgIpc) is 2.94. The van der Waals surface area contributed by atoms with Gasteiger partial charge in [-0.05, 0) is 70.1 Å². The molecule has 1 aliphatic rings. The molecule has 0 saturated carbocycles. The van der Waals surface area contributed by atoms with Crippen LogP contribution in [0.3, 0.4) is 0 Å². The molecule has 1 heterocycles. The lowest BCUT2D eigenvalue weighted by Gasteiger charge is -2.30. The molecule has 10 nitrogen and oxygen atoms in total. The molecule has 0 bridgehead atoms. The molecule has 3 rings (SSSR count). The summed E-state index contributed by atoms with van der Waals surface area (Å²) in [6, 6.07) is 10.2. The molecule has 0 saturated heterocycles. The number of carbonyl (C=O) groups excluding carboxylic acids is 2. The maximum atomic E-state index is 12.7. The molecule has 0 aromatic heterocycles. The van der Waals surface area contributed by atoms with Crippen molar-refractivity contribution in [2.45, 2.75) is 40.2 Å². The van der Waals surface area contributed by atoms with Crippen LogP contribution >= 0.6 is 12.2 Å². The maximum Gasteiger partial charge on any atom is 0.338 e. The van der Waals surface area contributed by atoms with Crippen molar-refractivity contribution in [2.75, 3.05) is 26.4 Å². The number of amides is 1. The number of para-hydroxylation sites is 1. The largest absolute Gasteiger partial charge is 0.490 e. The van der Waals surface area contributed by atoms with Crippen LogP contribution in [0.4, 0.5) is 0 Å². The second-order valence-electron chi connectivity index (χ2n) is 8.78. The predicted octanol–water partition coefficient (Wildman–Crippen LogP) is 4.10. The van der Waals surface area contributed by atoms with Crippen LogP contribution in [0.5, 0.6) is 17.2 Å². The molecular formula is C30H36N4O6S. The average molecular weight is 581 g/mol. The second-order valence-corrected chi connectivity index (χ2v) is 9.18. The number of nitrogens with one attached hydrogen (secondary N) is 3. The summed E-state index contributed by atoms with van der Waals surface area (Å²) in [6.45, 7) is 12.0. The fourth-order valence-corrected chi connectivity index (χ4v) is 4.52. The Hall–Kier alpha value is -4.38. The lowest BCUT2D eigenvalue weighted by atomic mass is 9.95. The van der Waals surface area contributed by atoms with Crippen LogP contribution < -0.4 is 30.3 Å². The maximum absolute atomic E-state index is 12.7. The van der Waals surface area contributed by atoms with E-state index < -0.39 is 17.9 Å². The van der Waals surface area contributed by atoms with Gasteiger partial charge in [0.2, 0.25) is 0 Å². The number of ether oxygens (including phenoxy) is 4. The zero-order valence-electron chi connectivity index (χ0n) is 23.7. The monoisotopic (exact) mass is 580 g/mol. The lowest BCUT2D eigenvalue weighted by molar-refractivity contribution is -0.139. The van der Waals surface area contributed by atoms with E-state index in [0.717, 1.165) is 11.1 Å². The number of allylic oxidation sites excluding steroid dienone is 2. The number of rotatable bonds is 14. The fourth-order valence-electron chi connectivity index (χ4n) is 4.25. The van der Waals surface area contributed by atoms with E-state index in [4.69, 9.17) is 31.2 Å². The molecule has 2 aromatic rings. The van der Waals surface area contributed by atoms with Crippen molar-refractivity contribution in [3.63, 3.8) is 0 Å². The Labute approximate surface area is 245 Å². The Bertz CT molecular complexity index is 1340. The van der Waals surface area contributed by atoms with E-state index in [2.05, 4.69) is 27.7 Å². The standard InChI is InChI=1S/C30H36N4O6S/c1-6-12-21-15-20(16-24(37-7-2)28(21)38-8-3)17-31-34-25(35)18-40-23-14-11-10-13-22(23)27-26(29(36)39-9-4)19(5)32-30(41)33-27/h6,10-11,13-17,27H,1,7-9,12,18H2,2-5H3,(H,34,35)(H2,32,33,41)/t27-/m0/s1. The van der Waals surface area contributed by atoms with Crippen LogP contribution in [0.15, 0.2) is 65.4 Å². The zero-order valence-corrected chi connectivity index (χ0v) is 24.6. The van der Waals surface area contributed by atoms with Crippen LogP contribution in [-0.4, -0.2) is 49.6 Å². The molecule has 11 heteroatoms. The van der Waals surface area contributed by atoms with Gasteiger partial charge in [0.15, 0.2) is 23.2 Å². The molecule has 1 amide bonds. The number of hydrogen-bond donors (Lipinski definition) is 3. The Kier molecular flexibility index (Phi) is 11.7. The van der Waals surface area contributed by atoms with Gasteiger partial charge in [-0.15, -0.1) is 6.58 Å². The van der Waals surface area contributed by atoms with Crippen LogP contribution in [0.2, 0.25) is 0 Å². The van der Waals surface area contributed by atoms with E-state index in [0.29, 0.717) is 58.8 Å². The first-order valence-electron chi connectivity index (χ1n) is 13.3. The normalized spacial score (nSPS) is 14.6. The van der Waals surface area contributed by atoms with Crippen molar-refractivity contribution < 1.29 is 28.5 Å². The van der Waals surface area contributed by atoms with Gasteiger partial charge in [0.05, 0.1) is 37.7 Å². The molecule has 1 atom stereocenters. The SMILES string of the molecule is C=CCc1cc(C=NNC(=O)COc2ccccc2[C@@H]2NC(=S)NC(C)=C2C(=O)OCC)cc(OCC)c1OCC. The molecule has 0 aliphatic carbocycles. The van der Waals surface area contributed by atoms with Crippen molar-refractivity contribution in [2.24, 2.45) is 5.10 Å². The number of nitrogens with zero attached hydrogens (tertiary/aromatic N) is 1. The molecule has 218 valence electrons. The topological polar surface area (TPSA) is 120 Å². The Morgan fingerprint density at radius 2 is 1.83 bits per heavy atom. The lowest BCUT2D eigenvalue weighted by Crippen LogP contribution is -2.45. The summed E-state index contributed by atoms with van der Waals surface area (Å²) in [4.78, 5) is 25.3. The minimum atomic E-state index is -0.621. The van der Waals surface area contributed by atoms with Gasteiger partial charge in [-0.2, -0.15) is 5.10 Å². The van der Waals surface area contributed by atoms with Crippen LogP contribution in [0.25, 0.3) is 0 Å². The highest BCUT2D eigenvalue weighted by atomic mass is 32.1. The smallest absolute Gasteiger partial charge is 0.338 e. The van der Waals surface area contributed by atoms with Crippen molar-refractivity contribution in [1.82, 2.24) is 16.1 Å². The molecule has 0 radical (unpaired) electrons. The number of thiocarbonyl (C=S) groups is 1. The van der Waals surface area contributed by atoms with Crippen LogP contribution in [-0.2, 0) is 20.7 Å². The summed E-state index contributed by atoms with van der Waals surface area (Å²) in [5.74, 6) is 0.730. The first kappa shape index (κ1) is 31.2. The first-order valence-corrected chi connectivity index (χ1v) is 13.8. The van der Waals surface area contributed by atoms with E-state index in [1.165, 1.54) is 6.21 Å². The molecule has 0 unspecified atom stereocenters. The van der Waals surface area contributed by atoms with E-state index in [1.807, 2.05) is 26.0 Å². The number of hydrazone groups is 1. The van der Waals surface area contributed by atoms with Gasteiger partial charge in [-0.1, -0.05) is 24.3 Å². The summed E-state index contributed by atoms with van der Waals surface area (Å²) in [5.41, 5.74) is 5.70. The van der Waals surface area contributed by atoms with Gasteiger partial charge in [0.1, 0.15) is 5.75 Å². The number of hydrogen-bond acceptors (Lipinski definition) is 8. The Morgan fingerprint density at radius 1 is 1.07 bits per heavy atom. The molecule has 0 fully saturated rings. The Morgan fingerprint density at radius 3 is 2.54 bits per heavy atom. The van der Waals surface area contributed by atoms with Crippen molar-refractivity contribution >= 4 is 35.4 Å². The van der Waals surface area contributed by atoms with Gasteiger partial charge >= 0.3 is 5.97 Å². The highest BCUT2D eigenvalue weighted by Gasteiger charge is 2.32. The van der Waals surface area contributed by atoms with Crippen molar-refractivity contribution in [1.29, 1.82) is 0 Å².